The summed E-state index contributed by atoms with van der Waals surface area (Å²) in [7, 11) is 0. The molecule has 3 N–H and O–H groups in total. The van der Waals surface area contributed by atoms with Gasteiger partial charge < -0.3 is 11.1 Å². The van der Waals surface area contributed by atoms with E-state index in [1.807, 2.05) is 24.3 Å². The third-order valence-electron chi connectivity index (χ3n) is 3.09. The van der Waals surface area contributed by atoms with Crippen LogP contribution in [0, 0.1) is 0 Å². The Morgan fingerprint density at radius 1 is 1.18 bits per heavy atom. The number of benzene rings is 1. The van der Waals surface area contributed by atoms with Gasteiger partial charge in [-0.25, -0.2) is 0 Å². The minimum absolute atomic E-state index is 0.789. The van der Waals surface area contributed by atoms with E-state index in [1.54, 1.807) is 0 Å². The number of likely N-dealkylation sites (tertiary alicyclic amines) is 1. The number of anilines is 2. The highest BCUT2D eigenvalue weighted by atomic mass is 15.1. The molecule has 17 heavy (non-hydrogen) atoms. The van der Waals surface area contributed by atoms with Crippen molar-refractivity contribution in [1.82, 2.24) is 4.90 Å². The Morgan fingerprint density at radius 3 is 2.47 bits per heavy atom. The lowest BCUT2D eigenvalue weighted by molar-refractivity contribution is 0.247. The standard InChI is InChI=1S/C14H21N3/c1-12(11-17-9-3-2-4-10-17)16-14-7-5-13(15)6-8-14/h5-8,16H,1-4,9-11,15H2. The van der Waals surface area contributed by atoms with E-state index in [1.165, 1.54) is 32.4 Å². The fourth-order valence-corrected chi connectivity index (χ4v) is 2.20. The largest absolute Gasteiger partial charge is 0.399 e. The molecule has 0 aromatic heterocycles. The third-order valence-corrected chi connectivity index (χ3v) is 3.09. The molecule has 1 fully saturated rings. The predicted molar refractivity (Wildman–Crippen MR) is 73.9 cm³/mol. The first kappa shape index (κ1) is 12.0. The van der Waals surface area contributed by atoms with Crippen molar-refractivity contribution in [3.8, 4) is 0 Å². The van der Waals surface area contributed by atoms with Crippen molar-refractivity contribution in [3.63, 3.8) is 0 Å². The van der Waals surface area contributed by atoms with Crippen molar-refractivity contribution in [3.05, 3.63) is 36.5 Å². The van der Waals surface area contributed by atoms with Gasteiger partial charge in [-0.3, -0.25) is 4.90 Å². The van der Waals surface area contributed by atoms with E-state index in [-0.39, 0.29) is 0 Å². The summed E-state index contributed by atoms with van der Waals surface area (Å²) in [6.45, 7) is 7.41. The van der Waals surface area contributed by atoms with Crippen molar-refractivity contribution in [1.29, 1.82) is 0 Å². The van der Waals surface area contributed by atoms with Gasteiger partial charge in [-0.05, 0) is 50.2 Å². The average Bonchev–Trinajstić information content (AvgIpc) is 2.33. The normalized spacial score (nSPS) is 16.7. The van der Waals surface area contributed by atoms with E-state index < -0.39 is 0 Å². The minimum Gasteiger partial charge on any atom is -0.399 e. The second-order valence-electron chi connectivity index (χ2n) is 4.69. The van der Waals surface area contributed by atoms with Crippen molar-refractivity contribution in [2.45, 2.75) is 19.3 Å². The first-order valence-electron chi connectivity index (χ1n) is 6.27. The molecule has 0 unspecified atom stereocenters. The molecule has 0 aliphatic carbocycles. The second-order valence-corrected chi connectivity index (χ2v) is 4.69. The highest BCUT2D eigenvalue weighted by molar-refractivity contribution is 5.53. The Bertz CT molecular complexity index is 364. The van der Waals surface area contributed by atoms with Crippen LogP contribution >= 0.6 is 0 Å². The lowest BCUT2D eigenvalue weighted by Crippen LogP contribution is -2.32. The predicted octanol–water partition coefficient (Wildman–Crippen LogP) is 2.68. The Labute approximate surface area is 103 Å². The molecule has 1 aromatic carbocycles. The van der Waals surface area contributed by atoms with Gasteiger partial charge in [-0.1, -0.05) is 13.0 Å². The summed E-state index contributed by atoms with van der Waals surface area (Å²) in [5, 5.41) is 3.32. The van der Waals surface area contributed by atoms with Gasteiger partial charge in [0.25, 0.3) is 0 Å². The van der Waals surface area contributed by atoms with Crippen LogP contribution in [0.4, 0.5) is 11.4 Å². The van der Waals surface area contributed by atoms with Crippen molar-refractivity contribution >= 4 is 11.4 Å². The van der Waals surface area contributed by atoms with Crippen LogP contribution in [0.3, 0.4) is 0 Å². The summed E-state index contributed by atoms with van der Waals surface area (Å²) in [4.78, 5) is 2.45. The SMILES string of the molecule is C=C(CN1CCCCC1)Nc1ccc(N)cc1. The van der Waals surface area contributed by atoms with E-state index in [4.69, 9.17) is 5.73 Å². The molecule has 2 rings (SSSR count). The fourth-order valence-electron chi connectivity index (χ4n) is 2.20. The maximum Gasteiger partial charge on any atom is 0.0383 e. The van der Waals surface area contributed by atoms with E-state index in [2.05, 4.69) is 16.8 Å². The minimum atomic E-state index is 0.789. The van der Waals surface area contributed by atoms with E-state index in [0.717, 1.165) is 23.6 Å². The van der Waals surface area contributed by atoms with E-state index >= 15 is 0 Å². The number of nitrogens with two attached hydrogens (primary N) is 1. The zero-order valence-corrected chi connectivity index (χ0v) is 10.3. The molecule has 3 heteroatoms. The summed E-state index contributed by atoms with van der Waals surface area (Å²) in [6, 6.07) is 7.76. The molecule has 0 spiro atoms. The van der Waals surface area contributed by atoms with Gasteiger partial charge in [0.1, 0.15) is 0 Å². The van der Waals surface area contributed by atoms with Gasteiger partial charge in [0, 0.05) is 23.6 Å². The summed E-state index contributed by atoms with van der Waals surface area (Å²) >= 11 is 0. The van der Waals surface area contributed by atoms with Gasteiger partial charge in [-0.15, -0.1) is 0 Å². The second kappa shape index (κ2) is 5.73. The molecule has 1 heterocycles. The highest BCUT2D eigenvalue weighted by Crippen LogP contribution is 2.14. The number of piperidine rings is 1. The van der Waals surface area contributed by atoms with Crippen LogP contribution in [-0.4, -0.2) is 24.5 Å². The number of hydrogen-bond acceptors (Lipinski definition) is 3. The van der Waals surface area contributed by atoms with Gasteiger partial charge >= 0.3 is 0 Å². The lowest BCUT2D eigenvalue weighted by atomic mass is 10.1. The third kappa shape index (κ3) is 3.79. The number of nitrogen functional groups attached to an aromatic ring is 1. The summed E-state index contributed by atoms with van der Waals surface area (Å²) in [5.74, 6) is 0. The number of hydrogen-bond donors (Lipinski definition) is 2. The molecule has 0 saturated carbocycles. The van der Waals surface area contributed by atoms with Gasteiger partial charge in [0.2, 0.25) is 0 Å². The first-order chi connectivity index (χ1) is 8.24. The van der Waals surface area contributed by atoms with Crippen molar-refractivity contribution in [2.75, 3.05) is 30.7 Å². The summed E-state index contributed by atoms with van der Waals surface area (Å²) in [5.41, 5.74) is 8.55. The molecule has 1 aliphatic heterocycles. The smallest absolute Gasteiger partial charge is 0.0383 e. The van der Waals surface area contributed by atoms with Gasteiger partial charge in [0.05, 0.1) is 0 Å². The monoisotopic (exact) mass is 231 g/mol. The number of rotatable bonds is 4. The zero-order chi connectivity index (χ0) is 12.1. The first-order valence-corrected chi connectivity index (χ1v) is 6.27. The van der Waals surface area contributed by atoms with Crippen LogP contribution < -0.4 is 11.1 Å². The molecule has 0 radical (unpaired) electrons. The topological polar surface area (TPSA) is 41.3 Å². The molecule has 92 valence electrons. The van der Waals surface area contributed by atoms with Crippen LogP contribution in [0.15, 0.2) is 36.5 Å². The maximum atomic E-state index is 5.65. The van der Waals surface area contributed by atoms with Gasteiger partial charge in [-0.2, -0.15) is 0 Å². The molecule has 1 aliphatic rings. The van der Waals surface area contributed by atoms with Gasteiger partial charge in [0.15, 0.2) is 0 Å². The average molecular weight is 231 g/mol. The van der Waals surface area contributed by atoms with Crippen LogP contribution in [0.5, 0.6) is 0 Å². The molecule has 1 saturated heterocycles. The fraction of sp³-hybridized carbons (Fsp3) is 0.429. The zero-order valence-electron chi connectivity index (χ0n) is 10.3. The van der Waals surface area contributed by atoms with Crippen molar-refractivity contribution in [2.24, 2.45) is 0 Å². The molecular formula is C14H21N3. The van der Waals surface area contributed by atoms with Crippen LogP contribution in [0.25, 0.3) is 0 Å². The maximum absolute atomic E-state index is 5.65. The molecule has 3 nitrogen and oxygen atoms in total. The number of nitrogens with one attached hydrogen (secondary N) is 1. The molecular weight excluding hydrogens is 210 g/mol. The Kier molecular flexibility index (Phi) is 4.04. The van der Waals surface area contributed by atoms with E-state index in [0.29, 0.717) is 0 Å². The molecule has 1 aromatic rings. The highest BCUT2D eigenvalue weighted by Gasteiger charge is 2.10. The van der Waals surface area contributed by atoms with Crippen LogP contribution in [0.1, 0.15) is 19.3 Å². The summed E-state index contributed by atoms with van der Waals surface area (Å²) in [6.07, 6.45) is 4.00. The quantitative estimate of drug-likeness (QED) is 0.783. The van der Waals surface area contributed by atoms with Crippen LogP contribution in [0.2, 0.25) is 0 Å². The summed E-state index contributed by atoms with van der Waals surface area (Å²) < 4.78 is 0. The molecule has 0 amide bonds. The Balaban J connectivity index is 1.82. The Hall–Kier alpha value is -1.48. The Morgan fingerprint density at radius 2 is 1.82 bits per heavy atom. The lowest BCUT2D eigenvalue weighted by Gasteiger charge is -2.27. The van der Waals surface area contributed by atoms with Crippen molar-refractivity contribution < 1.29 is 0 Å². The van der Waals surface area contributed by atoms with E-state index in [9.17, 15) is 0 Å². The molecule has 0 atom stereocenters. The molecule has 0 bridgehead atoms. The number of nitrogens with zero attached hydrogens (tertiary/aromatic N) is 1. The van der Waals surface area contributed by atoms with Crippen LogP contribution in [-0.2, 0) is 0 Å².